The van der Waals surface area contributed by atoms with E-state index in [1.54, 1.807) is 6.07 Å². The number of likely N-dealkylation sites (tertiary alicyclic amines) is 1. The van der Waals surface area contributed by atoms with Gasteiger partial charge < -0.3 is 20.1 Å². The van der Waals surface area contributed by atoms with Gasteiger partial charge >= 0.3 is 0 Å². The first-order chi connectivity index (χ1) is 16.0. The Morgan fingerprint density at radius 2 is 1.97 bits per heavy atom. The average molecular weight is 468 g/mol. The highest BCUT2D eigenvalue weighted by Gasteiger charge is 2.81. The van der Waals surface area contributed by atoms with Gasteiger partial charge in [0.2, 0.25) is 0 Å². The standard InChI is InChI=1S/C29H41NO4/c1-6-7-13-30-14-12-29-22-18-8-9-19(32)23(22)34-24(29)27(17-31)10-11-28(29,21(30)15-18)16-20(27)26(5,33)25(2,3)4/h6,8-9,20-21,24,31-33H,1,7,10-17H2,2-5H3/t20-,21-,24+,26?,27?,28-,29+/m1/s1. The molecule has 186 valence electrons. The zero-order valence-electron chi connectivity index (χ0n) is 21.2. The van der Waals surface area contributed by atoms with Crippen molar-refractivity contribution in [2.24, 2.45) is 22.2 Å². The van der Waals surface area contributed by atoms with Crippen LogP contribution in [0.4, 0.5) is 0 Å². The van der Waals surface area contributed by atoms with Gasteiger partial charge in [-0.2, -0.15) is 0 Å². The summed E-state index contributed by atoms with van der Waals surface area (Å²) >= 11 is 0. The Kier molecular flexibility index (Phi) is 4.58. The quantitative estimate of drug-likeness (QED) is 0.567. The predicted octanol–water partition coefficient (Wildman–Crippen LogP) is 4.17. The van der Waals surface area contributed by atoms with Crippen LogP contribution in [0.3, 0.4) is 0 Å². The minimum Gasteiger partial charge on any atom is -0.504 e. The number of ether oxygens (including phenoxy) is 1. The first-order valence-corrected chi connectivity index (χ1v) is 13.2. The molecular formula is C29H41NO4. The summed E-state index contributed by atoms with van der Waals surface area (Å²) in [5, 5.41) is 34.2. The first kappa shape index (κ1) is 22.9. The van der Waals surface area contributed by atoms with Crippen LogP contribution in [0.5, 0.6) is 11.5 Å². The van der Waals surface area contributed by atoms with Gasteiger partial charge in [-0.15, -0.1) is 6.58 Å². The van der Waals surface area contributed by atoms with Gasteiger partial charge in [0, 0.05) is 34.4 Å². The molecule has 4 aliphatic carbocycles. The molecule has 7 atom stereocenters. The number of aliphatic hydroxyl groups excluding tert-OH is 1. The number of benzene rings is 1. The molecule has 4 fully saturated rings. The normalized spacial score (nSPS) is 41.5. The fourth-order valence-electron chi connectivity index (χ4n) is 9.42. The van der Waals surface area contributed by atoms with Crippen molar-refractivity contribution in [1.82, 2.24) is 4.90 Å². The summed E-state index contributed by atoms with van der Waals surface area (Å²) < 4.78 is 6.83. The van der Waals surface area contributed by atoms with Gasteiger partial charge in [0.05, 0.1) is 12.2 Å². The second-order valence-electron chi connectivity index (χ2n) is 13.2. The minimum atomic E-state index is -0.967. The summed E-state index contributed by atoms with van der Waals surface area (Å²) in [5.41, 5.74) is 0.428. The van der Waals surface area contributed by atoms with E-state index in [4.69, 9.17) is 4.74 Å². The van der Waals surface area contributed by atoms with Crippen LogP contribution in [0.15, 0.2) is 24.8 Å². The Labute approximate surface area is 203 Å². The smallest absolute Gasteiger partial charge is 0.165 e. The molecular weight excluding hydrogens is 426 g/mol. The van der Waals surface area contributed by atoms with Crippen molar-refractivity contribution in [2.45, 2.75) is 89.4 Å². The Balaban J connectivity index is 1.61. The number of rotatable bonds is 5. The van der Waals surface area contributed by atoms with Gasteiger partial charge in [0.25, 0.3) is 0 Å². The Morgan fingerprint density at radius 1 is 1.21 bits per heavy atom. The number of piperidine rings is 1. The van der Waals surface area contributed by atoms with Crippen LogP contribution in [0, 0.1) is 22.2 Å². The van der Waals surface area contributed by atoms with Crippen LogP contribution in [-0.4, -0.2) is 57.7 Å². The lowest BCUT2D eigenvalue weighted by Gasteiger charge is -2.76. The van der Waals surface area contributed by atoms with E-state index in [-0.39, 0.29) is 40.6 Å². The zero-order valence-corrected chi connectivity index (χ0v) is 21.2. The van der Waals surface area contributed by atoms with Crippen molar-refractivity contribution < 1.29 is 20.1 Å². The summed E-state index contributed by atoms with van der Waals surface area (Å²) in [7, 11) is 0. The molecule has 2 spiro atoms. The number of nitrogens with zero attached hydrogens (tertiary/aromatic N) is 1. The molecule has 6 aliphatic rings. The number of fused-ring (bicyclic) bond motifs is 2. The molecule has 1 aromatic rings. The fraction of sp³-hybridized carbons (Fsp3) is 0.724. The number of phenols is 1. The number of hydrogen-bond donors (Lipinski definition) is 3. The van der Waals surface area contributed by atoms with Crippen molar-refractivity contribution in [3.8, 4) is 11.5 Å². The third-order valence-electron chi connectivity index (χ3n) is 11.5. The van der Waals surface area contributed by atoms with Crippen molar-refractivity contribution in [3.05, 3.63) is 35.9 Å². The fourth-order valence-corrected chi connectivity index (χ4v) is 9.42. The molecule has 3 saturated carbocycles. The molecule has 0 radical (unpaired) electrons. The lowest BCUT2D eigenvalue weighted by atomic mass is 9.31. The maximum atomic E-state index is 12.1. The van der Waals surface area contributed by atoms with Crippen LogP contribution in [-0.2, 0) is 11.8 Å². The van der Waals surface area contributed by atoms with E-state index < -0.39 is 11.0 Å². The van der Waals surface area contributed by atoms with E-state index in [9.17, 15) is 15.3 Å². The lowest BCUT2D eigenvalue weighted by molar-refractivity contribution is -0.288. The molecule has 1 saturated heterocycles. The monoisotopic (exact) mass is 467 g/mol. The molecule has 5 heteroatoms. The predicted molar refractivity (Wildman–Crippen MR) is 132 cm³/mol. The molecule has 34 heavy (non-hydrogen) atoms. The Morgan fingerprint density at radius 3 is 2.65 bits per heavy atom. The highest BCUT2D eigenvalue weighted by atomic mass is 16.5. The van der Waals surface area contributed by atoms with E-state index >= 15 is 0 Å². The molecule has 2 aliphatic heterocycles. The van der Waals surface area contributed by atoms with Crippen LogP contribution < -0.4 is 4.74 Å². The first-order valence-electron chi connectivity index (χ1n) is 13.2. The zero-order chi connectivity index (χ0) is 24.3. The maximum Gasteiger partial charge on any atom is 0.165 e. The largest absolute Gasteiger partial charge is 0.504 e. The number of hydrogen-bond acceptors (Lipinski definition) is 5. The third kappa shape index (κ3) is 2.33. The molecule has 2 heterocycles. The highest BCUT2D eigenvalue weighted by molar-refractivity contribution is 5.63. The van der Waals surface area contributed by atoms with Crippen molar-refractivity contribution in [3.63, 3.8) is 0 Å². The number of aromatic hydroxyl groups is 1. The van der Waals surface area contributed by atoms with Crippen LogP contribution in [0.25, 0.3) is 0 Å². The molecule has 7 rings (SSSR count). The average Bonchev–Trinajstić information content (AvgIpc) is 3.16. The van der Waals surface area contributed by atoms with Gasteiger partial charge in [0.1, 0.15) is 6.10 Å². The summed E-state index contributed by atoms with van der Waals surface area (Å²) in [6.07, 6.45) is 7.46. The summed E-state index contributed by atoms with van der Waals surface area (Å²) in [5.74, 6) is 0.786. The number of aliphatic hydroxyl groups is 2. The highest BCUT2D eigenvalue weighted by Crippen LogP contribution is 2.79. The summed E-state index contributed by atoms with van der Waals surface area (Å²) in [6, 6.07) is 4.26. The minimum absolute atomic E-state index is 0.00131. The molecule has 0 amide bonds. The second-order valence-corrected chi connectivity index (χ2v) is 13.2. The van der Waals surface area contributed by atoms with E-state index in [0.29, 0.717) is 11.8 Å². The van der Waals surface area contributed by atoms with Crippen molar-refractivity contribution in [2.75, 3.05) is 19.7 Å². The third-order valence-corrected chi connectivity index (χ3v) is 11.5. The van der Waals surface area contributed by atoms with Crippen LogP contribution in [0.2, 0.25) is 0 Å². The molecule has 1 aromatic carbocycles. The topological polar surface area (TPSA) is 73.2 Å². The van der Waals surface area contributed by atoms with Crippen molar-refractivity contribution >= 4 is 0 Å². The van der Waals surface area contributed by atoms with Gasteiger partial charge in [0.15, 0.2) is 11.5 Å². The SMILES string of the molecule is C=CCCN1CC[C@]23c4c5ccc(O)c4O[C@H]2C2(CO)CC[C@@]3(C[C@@H]2C(C)(O)C(C)(C)C)[C@H]1C5. The summed E-state index contributed by atoms with van der Waals surface area (Å²) in [6.45, 7) is 14.3. The molecule has 3 N–H and O–H groups in total. The van der Waals surface area contributed by atoms with Crippen LogP contribution in [0.1, 0.15) is 70.9 Å². The van der Waals surface area contributed by atoms with Gasteiger partial charge in [-0.1, -0.05) is 32.9 Å². The molecule has 0 aromatic heterocycles. The summed E-state index contributed by atoms with van der Waals surface area (Å²) in [4.78, 5) is 2.68. The molecule has 4 bridgehead atoms. The van der Waals surface area contributed by atoms with E-state index in [2.05, 4.69) is 38.3 Å². The van der Waals surface area contributed by atoms with Gasteiger partial charge in [-0.3, -0.25) is 4.90 Å². The van der Waals surface area contributed by atoms with E-state index in [1.165, 1.54) is 11.1 Å². The Bertz CT molecular complexity index is 1040. The van der Waals surface area contributed by atoms with E-state index in [1.807, 2.05) is 13.0 Å². The van der Waals surface area contributed by atoms with E-state index in [0.717, 1.165) is 51.6 Å². The molecule has 5 nitrogen and oxygen atoms in total. The van der Waals surface area contributed by atoms with Gasteiger partial charge in [-0.05, 0) is 75.0 Å². The Hall–Kier alpha value is -1.56. The van der Waals surface area contributed by atoms with Crippen molar-refractivity contribution in [1.29, 1.82) is 0 Å². The maximum absolute atomic E-state index is 12.1. The second kappa shape index (κ2) is 6.80. The van der Waals surface area contributed by atoms with Crippen LogP contribution >= 0.6 is 0 Å². The number of phenolic OH excluding ortho intramolecular Hbond substituents is 1. The lowest BCUT2D eigenvalue weighted by Crippen LogP contribution is -2.81. The molecule has 2 unspecified atom stereocenters. The van der Waals surface area contributed by atoms with Gasteiger partial charge in [-0.25, -0.2) is 0 Å².